The standard InChI is InChI=1S/C12H16BF2NO2/c1-11(2)12(3,4)18-13(17-11)9-5-8(10(14)15)6-16-7-9/h5-7,10H,1-4H3. The van der Waals surface area contributed by atoms with Crippen molar-refractivity contribution in [2.24, 2.45) is 0 Å². The molecule has 18 heavy (non-hydrogen) atoms. The highest BCUT2D eigenvalue weighted by Crippen LogP contribution is 2.36. The molecule has 0 radical (unpaired) electrons. The lowest BCUT2D eigenvalue weighted by Crippen LogP contribution is -2.41. The van der Waals surface area contributed by atoms with Crippen molar-refractivity contribution in [3.8, 4) is 0 Å². The van der Waals surface area contributed by atoms with Gasteiger partial charge in [-0.25, -0.2) is 8.78 Å². The van der Waals surface area contributed by atoms with Crippen molar-refractivity contribution >= 4 is 12.6 Å². The second-order valence-electron chi connectivity index (χ2n) is 5.44. The Morgan fingerprint density at radius 2 is 1.67 bits per heavy atom. The van der Waals surface area contributed by atoms with Gasteiger partial charge in [0.2, 0.25) is 0 Å². The van der Waals surface area contributed by atoms with Gasteiger partial charge in [0.15, 0.2) is 0 Å². The van der Waals surface area contributed by atoms with Crippen LogP contribution in [0.1, 0.15) is 39.7 Å². The van der Waals surface area contributed by atoms with Gasteiger partial charge in [0.1, 0.15) is 0 Å². The Bertz CT molecular complexity index is 435. The zero-order valence-electron chi connectivity index (χ0n) is 10.9. The van der Waals surface area contributed by atoms with E-state index in [1.54, 1.807) is 0 Å². The third-order valence-electron chi connectivity index (χ3n) is 3.56. The summed E-state index contributed by atoms with van der Waals surface area (Å²) in [4.78, 5) is 3.81. The summed E-state index contributed by atoms with van der Waals surface area (Å²) in [6.45, 7) is 7.66. The Labute approximate surface area is 106 Å². The molecule has 1 fully saturated rings. The Kier molecular flexibility index (Phi) is 3.19. The highest BCUT2D eigenvalue weighted by atomic mass is 19.3. The summed E-state index contributed by atoms with van der Waals surface area (Å²) in [5.41, 5.74) is -0.578. The van der Waals surface area contributed by atoms with Gasteiger partial charge in [0.25, 0.3) is 6.43 Å². The summed E-state index contributed by atoms with van der Waals surface area (Å²) in [6.07, 6.45) is 0.104. The molecule has 98 valence electrons. The van der Waals surface area contributed by atoms with Crippen LogP contribution in [-0.4, -0.2) is 23.3 Å². The van der Waals surface area contributed by atoms with E-state index >= 15 is 0 Å². The average Bonchev–Trinajstić information content (AvgIpc) is 2.48. The third kappa shape index (κ3) is 2.27. The molecule has 0 saturated carbocycles. The third-order valence-corrected chi connectivity index (χ3v) is 3.56. The second kappa shape index (κ2) is 4.28. The smallest absolute Gasteiger partial charge is 0.399 e. The number of nitrogens with zero attached hydrogens (tertiary/aromatic N) is 1. The maximum absolute atomic E-state index is 12.6. The number of pyridine rings is 1. The molecule has 1 aliphatic rings. The number of hydrogen-bond acceptors (Lipinski definition) is 3. The van der Waals surface area contributed by atoms with Gasteiger partial charge in [-0.1, -0.05) is 6.07 Å². The van der Waals surface area contributed by atoms with Gasteiger partial charge < -0.3 is 9.31 Å². The largest absolute Gasteiger partial charge is 0.496 e. The van der Waals surface area contributed by atoms with E-state index in [0.29, 0.717) is 5.46 Å². The van der Waals surface area contributed by atoms with Crippen LogP contribution in [0.4, 0.5) is 8.78 Å². The molecule has 0 spiro atoms. The SMILES string of the molecule is CC1(C)OB(c2cncc(C(F)F)c2)OC1(C)C. The first-order valence-corrected chi connectivity index (χ1v) is 5.81. The maximum atomic E-state index is 12.6. The van der Waals surface area contributed by atoms with Crippen molar-refractivity contribution < 1.29 is 18.1 Å². The minimum Gasteiger partial charge on any atom is -0.399 e. The second-order valence-corrected chi connectivity index (χ2v) is 5.44. The molecule has 6 heteroatoms. The average molecular weight is 255 g/mol. The highest BCUT2D eigenvalue weighted by molar-refractivity contribution is 6.62. The molecular formula is C12H16BF2NO2. The van der Waals surface area contributed by atoms with Gasteiger partial charge in [0, 0.05) is 23.4 Å². The van der Waals surface area contributed by atoms with Gasteiger partial charge in [0.05, 0.1) is 11.2 Å². The van der Waals surface area contributed by atoms with E-state index in [-0.39, 0.29) is 5.56 Å². The van der Waals surface area contributed by atoms with Crippen molar-refractivity contribution in [3.05, 3.63) is 24.0 Å². The van der Waals surface area contributed by atoms with Crippen LogP contribution in [0, 0.1) is 0 Å². The lowest BCUT2D eigenvalue weighted by Gasteiger charge is -2.32. The van der Waals surface area contributed by atoms with E-state index in [0.717, 1.165) is 6.20 Å². The van der Waals surface area contributed by atoms with Crippen LogP contribution in [0.5, 0.6) is 0 Å². The topological polar surface area (TPSA) is 31.4 Å². The van der Waals surface area contributed by atoms with E-state index < -0.39 is 24.7 Å². The molecule has 0 atom stereocenters. The molecule has 1 aliphatic heterocycles. The van der Waals surface area contributed by atoms with E-state index in [1.807, 2.05) is 27.7 Å². The maximum Gasteiger partial charge on any atom is 0.496 e. The molecule has 0 aliphatic carbocycles. The van der Waals surface area contributed by atoms with E-state index in [1.165, 1.54) is 12.3 Å². The Hall–Kier alpha value is -1.01. The highest BCUT2D eigenvalue weighted by Gasteiger charge is 2.51. The van der Waals surface area contributed by atoms with Crippen LogP contribution in [0.25, 0.3) is 0 Å². The van der Waals surface area contributed by atoms with Crippen molar-refractivity contribution in [1.29, 1.82) is 0 Å². The zero-order chi connectivity index (χ0) is 13.6. The lowest BCUT2D eigenvalue weighted by atomic mass is 9.80. The lowest BCUT2D eigenvalue weighted by molar-refractivity contribution is 0.00578. The minimum absolute atomic E-state index is 0.123. The summed E-state index contributed by atoms with van der Waals surface area (Å²) < 4.78 is 36.8. The number of halogens is 2. The summed E-state index contributed by atoms with van der Waals surface area (Å²) >= 11 is 0. The molecule has 3 nitrogen and oxygen atoms in total. The Morgan fingerprint density at radius 3 is 2.17 bits per heavy atom. The Balaban J connectivity index is 2.27. The summed E-state index contributed by atoms with van der Waals surface area (Å²) in [7, 11) is -0.652. The summed E-state index contributed by atoms with van der Waals surface area (Å²) in [5.74, 6) is 0. The fourth-order valence-corrected chi connectivity index (χ4v) is 1.70. The van der Waals surface area contributed by atoms with Crippen LogP contribution in [0.15, 0.2) is 18.5 Å². The molecule has 0 amide bonds. The molecule has 1 saturated heterocycles. The van der Waals surface area contributed by atoms with E-state index in [2.05, 4.69) is 4.98 Å². The molecule has 2 rings (SSSR count). The predicted octanol–water partition coefficient (Wildman–Crippen LogP) is 2.32. The van der Waals surface area contributed by atoms with Crippen LogP contribution in [0.2, 0.25) is 0 Å². The fraction of sp³-hybridized carbons (Fsp3) is 0.583. The van der Waals surface area contributed by atoms with Crippen molar-refractivity contribution in [2.75, 3.05) is 0 Å². The van der Waals surface area contributed by atoms with E-state index in [4.69, 9.17) is 9.31 Å². The Morgan fingerprint density at radius 1 is 1.11 bits per heavy atom. The fourth-order valence-electron chi connectivity index (χ4n) is 1.70. The molecule has 2 heterocycles. The molecule has 1 aromatic rings. The minimum atomic E-state index is -2.54. The van der Waals surface area contributed by atoms with Crippen molar-refractivity contribution in [1.82, 2.24) is 4.98 Å². The molecule has 0 aromatic carbocycles. The monoisotopic (exact) mass is 255 g/mol. The normalized spacial score (nSPS) is 21.6. The number of aromatic nitrogens is 1. The van der Waals surface area contributed by atoms with Crippen molar-refractivity contribution in [3.63, 3.8) is 0 Å². The molecule has 0 N–H and O–H groups in total. The van der Waals surface area contributed by atoms with Crippen LogP contribution < -0.4 is 5.46 Å². The molecule has 1 aromatic heterocycles. The first-order chi connectivity index (χ1) is 8.23. The van der Waals surface area contributed by atoms with Gasteiger partial charge >= 0.3 is 7.12 Å². The zero-order valence-corrected chi connectivity index (χ0v) is 10.9. The van der Waals surface area contributed by atoms with Crippen LogP contribution in [-0.2, 0) is 9.31 Å². The van der Waals surface area contributed by atoms with Gasteiger partial charge in [-0.2, -0.15) is 0 Å². The molecule has 0 unspecified atom stereocenters. The van der Waals surface area contributed by atoms with Gasteiger partial charge in [-0.3, -0.25) is 4.98 Å². The predicted molar refractivity (Wildman–Crippen MR) is 64.9 cm³/mol. The van der Waals surface area contributed by atoms with Crippen LogP contribution >= 0.6 is 0 Å². The van der Waals surface area contributed by atoms with Crippen molar-refractivity contribution in [2.45, 2.75) is 45.3 Å². The quantitative estimate of drug-likeness (QED) is 0.760. The van der Waals surface area contributed by atoms with E-state index in [9.17, 15) is 8.78 Å². The molecular weight excluding hydrogens is 239 g/mol. The first-order valence-electron chi connectivity index (χ1n) is 5.81. The first kappa shape index (κ1) is 13.4. The number of hydrogen-bond donors (Lipinski definition) is 0. The van der Waals surface area contributed by atoms with Gasteiger partial charge in [-0.15, -0.1) is 0 Å². The number of alkyl halides is 2. The summed E-state index contributed by atoms with van der Waals surface area (Å²) in [5, 5.41) is 0. The summed E-state index contributed by atoms with van der Waals surface area (Å²) in [6, 6.07) is 1.37. The van der Waals surface area contributed by atoms with Gasteiger partial charge in [-0.05, 0) is 27.7 Å². The number of rotatable bonds is 2. The van der Waals surface area contributed by atoms with Crippen LogP contribution in [0.3, 0.4) is 0 Å². The molecule has 0 bridgehead atoms.